The third kappa shape index (κ3) is 5.68. The number of amides is 2. The average molecular weight is 546 g/mol. The second-order valence-corrected chi connectivity index (χ2v) is 9.92. The van der Waals surface area contributed by atoms with E-state index in [-0.39, 0.29) is 34.5 Å². The van der Waals surface area contributed by atoms with Gasteiger partial charge in [-0.05, 0) is 31.6 Å². The third-order valence-electron chi connectivity index (χ3n) is 5.96. The largest absolute Gasteiger partial charge is 0.469 e. The molecule has 37 heavy (non-hydrogen) atoms. The van der Waals surface area contributed by atoms with Crippen LogP contribution < -0.4 is 15.8 Å². The molecule has 1 N–H and O–H groups in total. The van der Waals surface area contributed by atoms with Crippen molar-refractivity contribution in [3.63, 3.8) is 0 Å². The summed E-state index contributed by atoms with van der Waals surface area (Å²) in [7, 11) is 1.25. The van der Waals surface area contributed by atoms with Gasteiger partial charge in [-0.25, -0.2) is 4.98 Å². The van der Waals surface area contributed by atoms with Crippen molar-refractivity contribution in [3.8, 4) is 0 Å². The molecule has 2 aliphatic heterocycles. The van der Waals surface area contributed by atoms with Gasteiger partial charge in [-0.2, -0.15) is 0 Å². The molecule has 0 bridgehead atoms. The number of hydrogen-bond donors (Lipinski definition) is 1. The fraction of sp³-hybridized carbons (Fsp3) is 0.417. The molecule has 0 saturated carbocycles. The van der Waals surface area contributed by atoms with Crippen LogP contribution in [-0.4, -0.2) is 82.4 Å². The van der Waals surface area contributed by atoms with E-state index in [1.807, 2.05) is 6.92 Å². The molecule has 11 nitrogen and oxygen atoms in total. The van der Waals surface area contributed by atoms with E-state index in [0.717, 1.165) is 11.8 Å². The molecule has 196 valence electrons. The van der Waals surface area contributed by atoms with Gasteiger partial charge < -0.3 is 19.7 Å². The summed E-state index contributed by atoms with van der Waals surface area (Å²) in [5.41, 5.74) is 0.0824. The number of nitrogens with one attached hydrogen (secondary N) is 1. The molecule has 0 aliphatic carbocycles. The number of rotatable bonds is 9. The quantitative estimate of drug-likeness (QED) is 0.213. The lowest BCUT2D eigenvalue weighted by atomic mass is 10.1. The first-order chi connectivity index (χ1) is 17.8. The number of anilines is 1. The first kappa shape index (κ1) is 26.8. The summed E-state index contributed by atoms with van der Waals surface area (Å²) >= 11 is 6.53. The number of nitrogens with zero attached hydrogens (tertiary/aromatic N) is 4. The summed E-state index contributed by atoms with van der Waals surface area (Å²) in [6.07, 6.45) is 3.46. The molecule has 1 unspecified atom stereocenters. The van der Waals surface area contributed by atoms with E-state index in [0.29, 0.717) is 49.2 Å². The van der Waals surface area contributed by atoms with Crippen LogP contribution in [0.5, 0.6) is 0 Å². The molecule has 4 heterocycles. The zero-order valence-corrected chi connectivity index (χ0v) is 22.1. The van der Waals surface area contributed by atoms with Crippen molar-refractivity contribution in [2.45, 2.75) is 25.8 Å². The van der Waals surface area contributed by atoms with Gasteiger partial charge >= 0.3 is 5.97 Å². The Morgan fingerprint density at radius 2 is 2.14 bits per heavy atom. The van der Waals surface area contributed by atoms with E-state index < -0.39 is 17.6 Å². The van der Waals surface area contributed by atoms with Crippen molar-refractivity contribution in [2.75, 3.05) is 44.9 Å². The van der Waals surface area contributed by atoms with Crippen LogP contribution >= 0.6 is 24.0 Å². The molecule has 2 saturated heterocycles. The van der Waals surface area contributed by atoms with Crippen LogP contribution in [0.1, 0.15) is 25.3 Å². The Balaban J connectivity index is 1.78. The van der Waals surface area contributed by atoms with Crippen LogP contribution in [0.15, 0.2) is 34.1 Å². The van der Waals surface area contributed by atoms with Gasteiger partial charge in [0.25, 0.3) is 11.5 Å². The van der Waals surface area contributed by atoms with Crippen molar-refractivity contribution in [2.24, 2.45) is 0 Å². The van der Waals surface area contributed by atoms with E-state index in [1.54, 1.807) is 29.3 Å². The second kappa shape index (κ2) is 11.8. The maximum Gasteiger partial charge on any atom is 0.308 e. The number of ether oxygens (including phenoxy) is 2. The normalized spacial score (nSPS) is 19.1. The molecule has 13 heteroatoms. The Hall–Kier alpha value is -3.29. The smallest absolute Gasteiger partial charge is 0.308 e. The number of pyridine rings is 1. The number of thiocarbonyl (C=S) groups is 1. The monoisotopic (exact) mass is 545 g/mol. The summed E-state index contributed by atoms with van der Waals surface area (Å²) in [6, 6.07) is 4.19. The molecule has 2 fully saturated rings. The van der Waals surface area contributed by atoms with Crippen LogP contribution in [0.4, 0.5) is 5.82 Å². The van der Waals surface area contributed by atoms with E-state index in [4.69, 9.17) is 21.7 Å². The van der Waals surface area contributed by atoms with Crippen LogP contribution in [-0.2, 0) is 23.9 Å². The lowest BCUT2D eigenvalue weighted by molar-refractivity contribution is -0.143. The van der Waals surface area contributed by atoms with Gasteiger partial charge in [0, 0.05) is 39.0 Å². The van der Waals surface area contributed by atoms with Crippen molar-refractivity contribution >= 4 is 63.6 Å². The predicted molar refractivity (Wildman–Crippen MR) is 143 cm³/mol. The van der Waals surface area contributed by atoms with E-state index in [1.165, 1.54) is 22.5 Å². The van der Waals surface area contributed by atoms with Crippen LogP contribution in [0.25, 0.3) is 11.7 Å². The molecule has 0 aromatic carbocycles. The van der Waals surface area contributed by atoms with Gasteiger partial charge in [-0.15, -0.1) is 0 Å². The topological polar surface area (TPSA) is 123 Å². The Morgan fingerprint density at radius 3 is 2.89 bits per heavy atom. The fourth-order valence-corrected chi connectivity index (χ4v) is 5.43. The van der Waals surface area contributed by atoms with Crippen molar-refractivity contribution < 1.29 is 23.9 Å². The first-order valence-electron chi connectivity index (χ1n) is 11.8. The van der Waals surface area contributed by atoms with Gasteiger partial charge in [0.1, 0.15) is 21.8 Å². The summed E-state index contributed by atoms with van der Waals surface area (Å²) in [5, 5.41) is 2.75. The zero-order valence-electron chi connectivity index (χ0n) is 20.5. The maximum atomic E-state index is 13.6. The molecule has 2 aliphatic rings. The number of esters is 1. The molecule has 2 aromatic rings. The minimum absolute atomic E-state index is 0.128. The first-order valence-corrected chi connectivity index (χ1v) is 13.0. The molecule has 2 aromatic heterocycles. The lowest BCUT2D eigenvalue weighted by Gasteiger charge is -2.36. The number of carbonyl (C=O) groups excluding carboxylic acids is 3. The van der Waals surface area contributed by atoms with Gasteiger partial charge in [0.15, 0.2) is 0 Å². The Morgan fingerprint density at radius 1 is 1.32 bits per heavy atom. The van der Waals surface area contributed by atoms with E-state index in [2.05, 4.69) is 10.3 Å². The Kier molecular flexibility index (Phi) is 8.56. The van der Waals surface area contributed by atoms with Crippen molar-refractivity contribution in [1.29, 1.82) is 0 Å². The zero-order chi connectivity index (χ0) is 26.5. The number of fused-ring (bicyclic) bond motifs is 1. The lowest BCUT2D eigenvalue weighted by Crippen LogP contribution is -2.57. The van der Waals surface area contributed by atoms with Crippen LogP contribution in [0, 0.1) is 0 Å². The fourth-order valence-electron chi connectivity index (χ4n) is 4.14. The van der Waals surface area contributed by atoms with Crippen LogP contribution in [0.3, 0.4) is 0 Å². The maximum absolute atomic E-state index is 13.6. The highest BCUT2D eigenvalue weighted by Gasteiger charge is 2.36. The van der Waals surface area contributed by atoms with E-state index in [9.17, 15) is 19.2 Å². The summed E-state index contributed by atoms with van der Waals surface area (Å²) < 4.78 is 11.9. The van der Waals surface area contributed by atoms with E-state index >= 15 is 0 Å². The molecule has 0 radical (unpaired) electrons. The minimum Gasteiger partial charge on any atom is -0.469 e. The highest BCUT2D eigenvalue weighted by atomic mass is 32.2. The predicted octanol–water partition coefficient (Wildman–Crippen LogP) is 1.19. The molecule has 1 atom stereocenters. The van der Waals surface area contributed by atoms with Gasteiger partial charge in [-0.3, -0.25) is 28.5 Å². The number of aromatic nitrogens is 2. The average Bonchev–Trinajstić information content (AvgIpc) is 3.16. The molecular weight excluding hydrogens is 518 g/mol. The number of thioether (sulfide) groups is 1. The molecular formula is C24H27N5O6S2. The number of carbonyl (C=O) groups is 3. The van der Waals surface area contributed by atoms with Gasteiger partial charge in [0.05, 0.1) is 24.0 Å². The molecule has 2 amide bonds. The SMILES string of the molecule is CCOCCCN1C(=O)/C(=C/c2c(N3CCNC(=O)C3CC(=O)OC)nc3ccccn3c2=O)SC1=S. The van der Waals surface area contributed by atoms with Gasteiger partial charge in [-0.1, -0.05) is 30.0 Å². The molecule has 4 rings (SSSR count). The highest BCUT2D eigenvalue weighted by Crippen LogP contribution is 2.34. The standard InChI is InChI=1S/C24H27N5O6S2/c1-3-35-12-6-10-29-23(33)17(37-24(29)36)13-15-20(26-18-7-4-5-9-28(18)22(15)32)27-11-8-25-21(31)16(27)14-19(30)34-2/h4-5,7,9,13,16H,3,6,8,10-12,14H2,1-2H3,(H,25,31)/b17-13-. The van der Waals surface area contributed by atoms with Crippen molar-refractivity contribution in [1.82, 2.24) is 19.6 Å². The van der Waals surface area contributed by atoms with Gasteiger partial charge in [0.2, 0.25) is 5.91 Å². The summed E-state index contributed by atoms with van der Waals surface area (Å²) in [4.78, 5) is 59.7. The van der Waals surface area contributed by atoms with Crippen LogP contribution in [0.2, 0.25) is 0 Å². The number of hydrogen-bond acceptors (Lipinski definition) is 10. The Labute approximate surface area is 222 Å². The Bertz CT molecular complexity index is 1330. The summed E-state index contributed by atoms with van der Waals surface area (Å²) in [5.74, 6) is -1.05. The molecule has 0 spiro atoms. The number of methoxy groups -OCH3 is 1. The number of piperazine rings is 1. The second-order valence-electron chi connectivity index (χ2n) is 8.25. The highest BCUT2D eigenvalue weighted by molar-refractivity contribution is 8.26. The minimum atomic E-state index is -0.931. The third-order valence-corrected chi connectivity index (χ3v) is 7.34. The summed E-state index contributed by atoms with van der Waals surface area (Å²) in [6.45, 7) is 4.00. The van der Waals surface area contributed by atoms with Crippen molar-refractivity contribution in [3.05, 3.63) is 45.2 Å².